The molecule has 2 aromatic carbocycles. The van der Waals surface area contributed by atoms with E-state index in [4.69, 9.17) is 0 Å². The number of hydrogen-bond acceptors (Lipinski definition) is 3. The molecule has 4 nitrogen and oxygen atoms in total. The second-order valence-electron chi connectivity index (χ2n) is 8.08. The molecule has 27 heavy (non-hydrogen) atoms. The number of sulfonamides is 1. The minimum Gasteiger partial charge on any atom is -0.296 e. The Morgan fingerprint density at radius 1 is 0.889 bits per heavy atom. The molecule has 3 rings (SSSR count). The van der Waals surface area contributed by atoms with Crippen molar-refractivity contribution in [2.75, 3.05) is 26.2 Å². The third-order valence-corrected chi connectivity index (χ3v) is 7.64. The SMILES string of the molecule is CC(C)(C)c1ccc(CN2CCN(S(=O)(=O)c3ccc(I)cc3)CC2)cc1. The summed E-state index contributed by atoms with van der Waals surface area (Å²) < 4.78 is 28.2. The number of rotatable bonds is 4. The van der Waals surface area contributed by atoms with Crippen LogP contribution in [0.4, 0.5) is 0 Å². The van der Waals surface area contributed by atoms with Crippen molar-refractivity contribution in [3.8, 4) is 0 Å². The lowest BCUT2D eigenvalue weighted by atomic mass is 9.87. The van der Waals surface area contributed by atoms with Gasteiger partial charge in [-0.2, -0.15) is 4.31 Å². The fraction of sp³-hybridized carbons (Fsp3) is 0.429. The van der Waals surface area contributed by atoms with Gasteiger partial charge in [0.2, 0.25) is 10.0 Å². The molecule has 146 valence electrons. The Morgan fingerprint density at radius 3 is 1.96 bits per heavy atom. The average molecular weight is 498 g/mol. The van der Waals surface area contributed by atoms with Crippen molar-refractivity contribution in [3.63, 3.8) is 0 Å². The Morgan fingerprint density at radius 2 is 1.44 bits per heavy atom. The molecule has 1 aliphatic rings. The lowest BCUT2D eigenvalue weighted by molar-refractivity contribution is 0.181. The molecule has 0 N–H and O–H groups in total. The minimum atomic E-state index is -3.39. The molecule has 1 saturated heterocycles. The van der Waals surface area contributed by atoms with Gasteiger partial charge in [0.1, 0.15) is 0 Å². The van der Waals surface area contributed by atoms with Crippen molar-refractivity contribution in [2.45, 2.75) is 37.6 Å². The molecule has 0 radical (unpaired) electrons. The van der Waals surface area contributed by atoms with Gasteiger partial charge in [0.15, 0.2) is 0 Å². The maximum Gasteiger partial charge on any atom is 0.243 e. The first-order valence-electron chi connectivity index (χ1n) is 9.24. The van der Waals surface area contributed by atoms with Gasteiger partial charge in [0.05, 0.1) is 4.90 Å². The second kappa shape index (κ2) is 8.19. The van der Waals surface area contributed by atoms with Gasteiger partial charge in [-0.1, -0.05) is 45.0 Å². The van der Waals surface area contributed by atoms with Crippen LogP contribution in [0, 0.1) is 3.57 Å². The zero-order valence-electron chi connectivity index (χ0n) is 16.2. The van der Waals surface area contributed by atoms with E-state index in [1.165, 1.54) is 11.1 Å². The molecule has 2 aromatic rings. The van der Waals surface area contributed by atoms with Gasteiger partial charge in [0, 0.05) is 36.3 Å². The highest BCUT2D eigenvalue weighted by Gasteiger charge is 2.28. The van der Waals surface area contributed by atoms with Gasteiger partial charge < -0.3 is 0 Å². The molecule has 6 heteroatoms. The smallest absolute Gasteiger partial charge is 0.243 e. The standard InChI is InChI=1S/C21H27IN2O2S/c1-21(2,3)18-6-4-17(5-7-18)16-23-12-14-24(15-13-23)27(25,26)20-10-8-19(22)9-11-20/h4-11H,12-16H2,1-3H3. The summed E-state index contributed by atoms with van der Waals surface area (Å²) in [6.07, 6.45) is 0. The highest BCUT2D eigenvalue weighted by Crippen LogP contribution is 2.23. The summed E-state index contributed by atoms with van der Waals surface area (Å²) in [5, 5.41) is 0. The van der Waals surface area contributed by atoms with Crippen LogP contribution in [0.2, 0.25) is 0 Å². The first-order chi connectivity index (χ1) is 12.7. The molecule has 0 saturated carbocycles. The van der Waals surface area contributed by atoms with Crippen LogP contribution >= 0.6 is 22.6 Å². The highest BCUT2D eigenvalue weighted by atomic mass is 127. The molecule has 0 aliphatic carbocycles. The molecule has 0 unspecified atom stereocenters. The molecular formula is C21H27IN2O2S. The molecule has 1 fully saturated rings. The summed E-state index contributed by atoms with van der Waals surface area (Å²) in [4.78, 5) is 2.71. The van der Waals surface area contributed by atoms with E-state index < -0.39 is 10.0 Å². The van der Waals surface area contributed by atoms with Gasteiger partial charge in [-0.15, -0.1) is 0 Å². The first kappa shape index (κ1) is 20.8. The second-order valence-corrected chi connectivity index (χ2v) is 11.3. The van der Waals surface area contributed by atoms with Crippen molar-refractivity contribution in [2.24, 2.45) is 0 Å². The minimum absolute atomic E-state index is 0.161. The third kappa shape index (κ3) is 5.10. The van der Waals surface area contributed by atoms with Gasteiger partial charge in [-0.05, 0) is 63.4 Å². The van der Waals surface area contributed by atoms with E-state index in [-0.39, 0.29) is 5.41 Å². The lowest BCUT2D eigenvalue weighted by Gasteiger charge is -2.34. The van der Waals surface area contributed by atoms with Crippen LogP contribution < -0.4 is 0 Å². The number of nitrogens with zero attached hydrogens (tertiary/aromatic N) is 2. The fourth-order valence-corrected chi connectivity index (χ4v) is 5.03. The van der Waals surface area contributed by atoms with E-state index in [1.54, 1.807) is 16.4 Å². The van der Waals surface area contributed by atoms with Crippen molar-refractivity contribution < 1.29 is 8.42 Å². The largest absolute Gasteiger partial charge is 0.296 e. The Balaban J connectivity index is 1.59. The van der Waals surface area contributed by atoms with Gasteiger partial charge in [0.25, 0.3) is 0 Å². The van der Waals surface area contributed by atoms with E-state index >= 15 is 0 Å². The molecule has 1 heterocycles. The van der Waals surface area contributed by atoms with E-state index in [9.17, 15) is 8.42 Å². The van der Waals surface area contributed by atoms with Crippen LogP contribution in [-0.4, -0.2) is 43.8 Å². The number of hydrogen-bond donors (Lipinski definition) is 0. The van der Waals surface area contributed by atoms with Crippen LogP contribution in [0.15, 0.2) is 53.4 Å². The molecule has 0 atom stereocenters. The molecule has 0 amide bonds. The Hall–Kier alpha value is -0.960. The summed E-state index contributed by atoms with van der Waals surface area (Å²) >= 11 is 2.18. The Bertz CT molecular complexity index is 864. The quantitative estimate of drug-likeness (QED) is 0.597. The predicted octanol–water partition coefficient (Wildman–Crippen LogP) is 4.10. The molecule has 0 aromatic heterocycles. The van der Waals surface area contributed by atoms with Crippen LogP contribution in [0.25, 0.3) is 0 Å². The first-order valence-corrected chi connectivity index (χ1v) is 11.8. The van der Waals surface area contributed by atoms with Crippen LogP contribution in [-0.2, 0) is 22.0 Å². The molecule has 0 bridgehead atoms. The third-order valence-electron chi connectivity index (χ3n) is 5.01. The van der Waals surface area contributed by atoms with E-state index in [0.717, 1.165) is 23.2 Å². The summed E-state index contributed by atoms with van der Waals surface area (Å²) in [5.41, 5.74) is 2.77. The van der Waals surface area contributed by atoms with Crippen LogP contribution in [0.1, 0.15) is 31.9 Å². The molecular weight excluding hydrogens is 471 g/mol. The maximum absolute atomic E-state index is 12.8. The summed E-state index contributed by atoms with van der Waals surface area (Å²) in [6, 6.07) is 15.8. The van der Waals surface area contributed by atoms with Gasteiger partial charge in [-0.25, -0.2) is 8.42 Å². The lowest BCUT2D eigenvalue weighted by Crippen LogP contribution is -2.48. The van der Waals surface area contributed by atoms with Crippen molar-refractivity contribution in [1.29, 1.82) is 0 Å². The molecule has 1 aliphatic heterocycles. The Kier molecular flexibility index (Phi) is 6.30. The van der Waals surface area contributed by atoms with E-state index in [1.807, 2.05) is 12.1 Å². The zero-order chi connectivity index (χ0) is 19.7. The van der Waals surface area contributed by atoms with Crippen LogP contribution in [0.3, 0.4) is 0 Å². The van der Waals surface area contributed by atoms with E-state index in [0.29, 0.717) is 18.0 Å². The normalized spacial score (nSPS) is 17.2. The van der Waals surface area contributed by atoms with Crippen molar-refractivity contribution in [1.82, 2.24) is 9.21 Å². The summed E-state index contributed by atoms with van der Waals surface area (Å²) in [6.45, 7) is 10.1. The Labute approximate surface area is 176 Å². The fourth-order valence-electron chi connectivity index (χ4n) is 3.25. The van der Waals surface area contributed by atoms with Crippen molar-refractivity contribution in [3.05, 3.63) is 63.2 Å². The van der Waals surface area contributed by atoms with Gasteiger partial charge in [-0.3, -0.25) is 4.90 Å². The van der Waals surface area contributed by atoms with Crippen LogP contribution in [0.5, 0.6) is 0 Å². The monoisotopic (exact) mass is 498 g/mol. The number of benzene rings is 2. The van der Waals surface area contributed by atoms with E-state index in [2.05, 4.69) is 72.5 Å². The molecule has 0 spiro atoms. The van der Waals surface area contributed by atoms with Crippen molar-refractivity contribution >= 4 is 32.6 Å². The predicted molar refractivity (Wildman–Crippen MR) is 118 cm³/mol. The number of halogens is 1. The topological polar surface area (TPSA) is 40.6 Å². The number of piperazine rings is 1. The maximum atomic E-state index is 12.8. The zero-order valence-corrected chi connectivity index (χ0v) is 19.1. The summed E-state index contributed by atoms with van der Waals surface area (Å²) in [5.74, 6) is 0. The average Bonchev–Trinajstić information content (AvgIpc) is 2.62. The highest BCUT2D eigenvalue weighted by molar-refractivity contribution is 14.1. The summed E-state index contributed by atoms with van der Waals surface area (Å²) in [7, 11) is -3.39. The van der Waals surface area contributed by atoms with Gasteiger partial charge >= 0.3 is 0 Å².